The highest BCUT2D eigenvalue weighted by Gasteiger charge is 2.04. The molecule has 0 saturated heterocycles. The zero-order chi connectivity index (χ0) is 17.5. The average Bonchev–Trinajstić information content (AvgIpc) is 2.56. The molecule has 0 aromatic heterocycles. The monoisotopic (exact) mass is 324 g/mol. The first kappa shape index (κ1) is 17.9. The molecular weight excluding hydrogens is 296 g/mol. The van der Waals surface area contributed by atoms with Crippen molar-refractivity contribution in [2.45, 2.75) is 26.9 Å². The van der Waals surface area contributed by atoms with Crippen LogP contribution in [0.5, 0.6) is 0 Å². The van der Waals surface area contributed by atoms with Crippen molar-refractivity contribution in [2.75, 3.05) is 26.0 Å². The number of nitrogens with one attached hydrogen (secondary N) is 2. The number of benzene rings is 2. The Morgan fingerprint density at radius 2 is 1.75 bits per heavy atom. The third kappa shape index (κ3) is 5.01. The first-order valence-electron chi connectivity index (χ1n) is 8.26. The van der Waals surface area contributed by atoms with Crippen LogP contribution >= 0.6 is 0 Å². The highest BCUT2D eigenvalue weighted by Crippen LogP contribution is 2.17. The summed E-state index contributed by atoms with van der Waals surface area (Å²) in [5.41, 5.74) is 6.30. The number of aryl methyl sites for hydroxylation is 2. The van der Waals surface area contributed by atoms with Crippen LogP contribution in [0.25, 0.3) is 0 Å². The van der Waals surface area contributed by atoms with Crippen LogP contribution in [0, 0.1) is 13.8 Å². The summed E-state index contributed by atoms with van der Waals surface area (Å²) in [6, 6.07) is 15.0. The Balaban J connectivity index is 1.92. The second kappa shape index (κ2) is 8.39. The Morgan fingerprint density at radius 3 is 2.38 bits per heavy atom. The first-order valence-corrected chi connectivity index (χ1v) is 8.26. The Labute approximate surface area is 145 Å². The Bertz CT molecular complexity index is 705. The van der Waals surface area contributed by atoms with Crippen molar-refractivity contribution in [2.24, 2.45) is 4.99 Å². The zero-order valence-electron chi connectivity index (χ0n) is 15.4. The van der Waals surface area contributed by atoms with Crippen LogP contribution < -0.4 is 15.5 Å². The summed E-state index contributed by atoms with van der Waals surface area (Å²) in [5, 5.41) is 6.75. The van der Waals surface area contributed by atoms with E-state index in [1.54, 1.807) is 7.05 Å². The molecule has 2 aromatic rings. The summed E-state index contributed by atoms with van der Waals surface area (Å²) in [5.74, 6) is 0.813. The minimum Gasteiger partial charge on any atom is -0.378 e. The van der Waals surface area contributed by atoms with E-state index in [4.69, 9.17) is 0 Å². The molecule has 0 spiro atoms. The lowest BCUT2D eigenvalue weighted by Crippen LogP contribution is -2.36. The Hall–Kier alpha value is -2.49. The lowest BCUT2D eigenvalue weighted by Gasteiger charge is -2.16. The fourth-order valence-electron chi connectivity index (χ4n) is 2.56. The zero-order valence-corrected chi connectivity index (χ0v) is 15.4. The molecule has 0 bridgehead atoms. The van der Waals surface area contributed by atoms with Crippen LogP contribution in [0.1, 0.15) is 22.3 Å². The molecule has 128 valence electrons. The van der Waals surface area contributed by atoms with Gasteiger partial charge in [-0.25, -0.2) is 0 Å². The molecule has 0 unspecified atom stereocenters. The molecule has 2 aromatic carbocycles. The van der Waals surface area contributed by atoms with Gasteiger partial charge in [0.05, 0.1) is 0 Å². The van der Waals surface area contributed by atoms with Gasteiger partial charge in [0.1, 0.15) is 0 Å². The molecule has 0 aliphatic carbocycles. The number of aliphatic imine (C=N–C) groups is 1. The molecular formula is C20H28N4. The molecule has 0 amide bonds. The first-order chi connectivity index (χ1) is 11.5. The third-order valence-electron chi connectivity index (χ3n) is 4.05. The Morgan fingerprint density at radius 1 is 1.00 bits per heavy atom. The maximum atomic E-state index is 4.30. The topological polar surface area (TPSA) is 39.7 Å². The largest absolute Gasteiger partial charge is 0.378 e. The average molecular weight is 324 g/mol. The van der Waals surface area contributed by atoms with E-state index in [0.717, 1.165) is 19.0 Å². The molecule has 0 radical (unpaired) electrons. The van der Waals surface area contributed by atoms with Crippen molar-refractivity contribution >= 4 is 11.6 Å². The fourth-order valence-corrected chi connectivity index (χ4v) is 2.56. The van der Waals surface area contributed by atoms with Gasteiger partial charge >= 0.3 is 0 Å². The number of anilines is 1. The summed E-state index contributed by atoms with van der Waals surface area (Å²) in [6.07, 6.45) is 0. The predicted molar refractivity (Wildman–Crippen MR) is 104 cm³/mol. The van der Waals surface area contributed by atoms with E-state index < -0.39 is 0 Å². The van der Waals surface area contributed by atoms with Crippen LogP contribution in [0.2, 0.25) is 0 Å². The number of hydrogen-bond acceptors (Lipinski definition) is 2. The molecule has 2 rings (SSSR count). The van der Waals surface area contributed by atoms with E-state index in [1.165, 1.54) is 27.9 Å². The lowest BCUT2D eigenvalue weighted by atomic mass is 10.1. The molecule has 4 heteroatoms. The SMILES string of the molecule is CN=C(NCc1cccc(C)c1)NCc1ccc(N(C)C)cc1C. The molecule has 0 aliphatic heterocycles. The van der Waals surface area contributed by atoms with E-state index in [2.05, 4.69) is 90.9 Å². The molecule has 0 fully saturated rings. The molecule has 4 nitrogen and oxygen atoms in total. The van der Waals surface area contributed by atoms with E-state index in [-0.39, 0.29) is 0 Å². The van der Waals surface area contributed by atoms with Crippen molar-refractivity contribution < 1.29 is 0 Å². The molecule has 2 N–H and O–H groups in total. The third-order valence-corrected chi connectivity index (χ3v) is 4.05. The van der Waals surface area contributed by atoms with Gasteiger partial charge in [-0.15, -0.1) is 0 Å². The van der Waals surface area contributed by atoms with Gasteiger partial charge in [0.15, 0.2) is 5.96 Å². The van der Waals surface area contributed by atoms with Crippen molar-refractivity contribution in [1.82, 2.24) is 10.6 Å². The van der Waals surface area contributed by atoms with Gasteiger partial charge in [0, 0.05) is 39.9 Å². The second-order valence-corrected chi connectivity index (χ2v) is 6.27. The maximum Gasteiger partial charge on any atom is 0.191 e. The lowest BCUT2D eigenvalue weighted by molar-refractivity contribution is 0.805. The molecule has 0 aliphatic rings. The van der Waals surface area contributed by atoms with Gasteiger partial charge in [-0.05, 0) is 42.7 Å². The highest BCUT2D eigenvalue weighted by atomic mass is 15.2. The number of nitrogens with zero attached hydrogens (tertiary/aromatic N) is 2. The van der Waals surface area contributed by atoms with E-state index in [1.807, 2.05) is 0 Å². The summed E-state index contributed by atoms with van der Waals surface area (Å²) < 4.78 is 0. The van der Waals surface area contributed by atoms with Crippen LogP contribution in [0.15, 0.2) is 47.5 Å². The Kier molecular flexibility index (Phi) is 6.24. The van der Waals surface area contributed by atoms with Crippen molar-refractivity contribution in [3.05, 3.63) is 64.7 Å². The standard InChI is InChI=1S/C20H28N4/c1-15-7-6-8-17(11-15)13-22-20(21-3)23-14-18-9-10-19(24(4)5)12-16(18)2/h6-12H,13-14H2,1-5H3,(H2,21,22,23). The summed E-state index contributed by atoms with van der Waals surface area (Å²) in [6.45, 7) is 5.77. The van der Waals surface area contributed by atoms with Crippen LogP contribution in [0.3, 0.4) is 0 Å². The van der Waals surface area contributed by atoms with E-state index in [9.17, 15) is 0 Å². The predicted octanol–water partition coefficient (Wildman–Crippen LogP) is 3.23. The maximum absolute atomic E-state index is 4.30. The van der Waals surface area contributed by atoms with Gasteiger partial charge in [-0.1, -0.05) is 35.9 Å². The quantitative estimate of drug-likeness (QED) is 0.655. The number of guanidine groups is 1. The summed E-state index contributed by atoms with van der Waals surface area (Å²) in [4.78, 5) is 6.42. The molecule has 0 saturated carbocycles. The van der Waals surface area contributed by atoms with Gasteiger partial charge in [0.25, 0.3) is 0 Å². The van der Waals surface area contributed by atoms with E-state index >= 15 is 0 Å². The number of hydrogen-bond donors (Lipinski definition) is 2. The summed E-state index contributed by atoms with van der Waals surface area (Å²) in [7, 11) is 5.92. The van der Waals surface area contributed by atoms with Gasteiger partial charge in [-0.2, -0.15) is 0 Å². The fraction of sp³-hybridized carbons (Fsp3) is 0.350. The van der Waals surface area contributed by atoms with Crippen LogP contribution in [-0.2, 0) is 13.1 Å². The van der Waals surface area contributed by atoms with Crippen LogP contribution in [-0.4, -0.2) is 27.1 Å². The van der Waals surface area contributed by atoms with Crippen molar-refractivity contribution in [1.29, 1.82) is 0 Å². The minimum absolute atomic E-state index is 0.757. The molecule has 0 atom stereocenters. The smallest absolute Gasteiger partial charge is 0.191 e. The molecule has 24 heavy (non-hydrogen) atoms. The highest BCUT2D eigenvalue weighted by molar-refractivity contribution is 5.79. The number of rotatable bonds is 5. The van der Waals surface area contributed by atoms with Gasteiger partial charge in [-0.3, -0.25) is 4.99 Å². The van der Waals surface area contributed by atoms with E-state index in [0.29, 0.717) is 0 Å². The van der Waals surface area contributed by atoms with Crippen molar-refractivity contribution in [3.63, 3.8) is 0 Å². The molecule has 0 heterocycles. The van der Waals surface area contributed by atoms with Crippen LogP contribution in [0.4, 0.5) is 5.69 Å². The second-order valence-electron chi connectivity index (χ2n) is 6.27. The minimum atomic E-state index is 0.757. The van der Waals surface area contributed by atoms with Gasteiger partial charge < -0.3 is 15.5 Å². The van der Waals surface area contributed by atoms with Crippen molar-refractivity contribution in [3.8, 4) is 0 Å². The van der Waals surface area contributed by atoms with Gasteiger partial charge in [0.2, 0.25) is 0 Å². The normalized spacial score (nSPS) is 11.3. The summed E-state index contributed by atoms with van der Waals surface area (Å²) >= 11 is 0.